The Morgan fingerprint density at radius 3 is 2.21 bits per heavy atom. The first-order valence-corrected chi connectivity index (χ1v) is 14.6. The molecule has 2 atom stereocenters. The van der Waals surface area contributed by atoms with Crippen molar-refractivity contribution < 1.29 is 28.7 Å². The average molecular weight is 599 g/mol. The number of anilines is 2. The number of hydrogen-bond acceptors (Lipinski definition) is 8. The third-order valence-corrected chi connectivity index (χ3v) is 7.21. The van der Waals surface area contributed by atoms with E-state index in [0.717, 1.165) is 10.4 Å². The molecule has 4 rings (SSSR count). The number of ether oxygens (including phenoxy) is 2. The van der Waals surface area contributed by atoms with Crippen molar-refractivity contribution >= 4 is 51.8 Å². The summed E-state index contributed by atoms with van der Waals surface area (Å²) < 4.78 is 12.3. The standard InChI is InChI=1S/C29H38N6O6S/c1-17(30-26(38)40-28(2,3)4)24(37)35-14-8-9-20(35)23(36)32-22-16-34-15-21(42-25(34)33-22)18-10-12-19(13-11-18)31-27(39)41-29(5,6)7/h10-13,15-17,20H,8-9,14H2,1-7H3,(H,30,38)(H,31,39)(H,32,36)/t17-,20+/m1/s1. The fraction of sp³-hybridized carbons (Fsp3) is 0.483. The van der Waals surface area contributed by atoms with Gasteiger partial charge >= 0.3 is 12.2 Å². The van der Waals surface area contributed by atoms with Crippen LogP contribution in [0.15, 0.2) is 36.7 Å². The maximum Gasteiger partial charge on any atom is 0.412 e. The van der Waals surface area contributed by atoms with Gasteiger partial charge in [-0.15, -0.1) is 0 Å². The number of alkyl carbamates (subject to hydrolysis) is 1. The van der Waals surface area contributed by atoms with Crippen LogP contribution in [0.1, 0.15) is 61.3 Å². The molecule has 1 saturated heterocycles. The van der Waals surface area contributed by atoms with Gasteiger partial charge < -0.3 is 25.0 Å². The van der Waals surface area contributed by atoms with Gasteiger partial charge in [0.05, 0.1) is 11.1 Å². The molecule has 226 valence electrons. The first-order chi connectivity index (χ1) is 19.6. The van der Waals surface area contributed by atoms with Gasteiger partial charge in [0, 0.05) is 18.4 Å². The molecule has 12 nitrogen and oxygen atoms in total. The van der Waals surface area contributed by atoms with Crippen molar-refractivity contribution in [2.75, 3.05) is 17.2 Å². The molecule has 3 heterocycles. The number of fused-ring (bicyclic) bond motifs is 1. The summed E-state index contributed by atoms with van der Waals surface area (Å²) in [6.07, 6.45) is 3.62. The van der Waals surface area contributed by atoms with Gasteiger partial charge in [0.1, 0.15) is 23.3 Å². The molecule has 1 aliphatic heterocycles. The maximum atomic E-state index is 13.1. The Bertz CT molecular complexity index is 1430. The van der Waals surface area contributed by atoms with E-state index in [2.05, 4.69) is 20.9 Å². The predicted octanol–water partition coefficient (Wildman–Crippen LogP) is 5.25. The normalized spacial score (nSPS) is 16.2. The van der Waals surface area contributed by atoms with Gasteiger partial charge in [-0.1, -0.05) is 23.5 Å². The van der Waals surface area contributed by atoms with E-state index in [0.29, 0.717) is 35.9 Å². The monoisotopic (exact) mass is 598 g/mol. The molecule has 0 radical (unpaired) electrons. The van der Waals surface area contributed by atoms with Crippen LogP contribution in [0.4, 0.5) is 21.1 Å². The predicted molar refractivity (Wildman–Crippen MR) is 161 cm³/mol. The van der Waals surface area contributed by atoms with Crippen LogP contribution in [-0.4, -0.2) is 68.1 Å². The molecule has 1 aromatic carbocycles. The summed E-state index contributed by atoms with van der Waals surface area (Å²) >= 11 is 1.45. The van der Waals surface area contributed by atoms with Gasteiger partial charge in [0.15, 0.2) is 10.8 Å². The molecule has 3 aromatic rings. The van der Waals surface area contributed by atoms with Gasteiger partial charge in [-0.05, 0) is 79.0 Å². The number of carbonyl (C=O) groups excluding carboxylic acids is 4. The molecule has 0 aliphatic carbocycles. The van der Waals surface area contributed by atoms with E-state index in [-0.39, 0.29) is 11.8 Å². The lowest BCUT2D eigenvalue weighted by molar-refractivity contribution is -0.138. The second-order valence-electron chi connectivity index (χ2n) is 12.2. The lowest BCUT2D eigenvalue weighted by Gasteiger charge is -2.27. The zero-order valence-electron chi connectivity index (χ0n) is 24.9. The summed E-state index contributed by atoms with van der Waals surface area (Å²) in [5, 5.41) is 8.10. The highest BCUT2D eigenvalue weighted by Crippen LogP contribution is 2.30. The SMILES string of the molecule is C[C@@H](NC(=O)OC(C)(C)C)C(=O)N1CCC[C@H]1C(=O)Nc1cn2cc(-c3ccc(NC(=O)OC(C)(C)C)cc3)sc2n1. The van der Waals surface area contributed by atoms with E-state index in [1.165, 1.54) is 16.2 Å². The summed E-state index contributed by atoms with van der Waals surface area (Å²) in [6, 6.07) is 5.88. The van der Waals surface area contributed by atoms with Crippen molar-refractivity contribution in [1.29, 1.82) is 0 Å². The number of rotatable bonds is 6. The highest BCUT2D eigenvalue weighted by atomic mass is 32.1. The lowest BCUT2D eigenvalue weighted by atomic mass is 10.2. The van der Waals surface area contributed by atoms with Crippen LogP contribution in [0.5, 0.6) is 0 Å². The molecule has 0 bridgehead atoms. The van der Waals surface area contributed by atoms with Crippen LogP contribution >= 0.6 is 11.3 Å². The Kier molecular flexibility index (Phi) is 8.81. The molecule has 0 saturated carbocycles. The van der Waals surface area contributed by atoms with Crippen LogP contribution in [-0.2, 0) is 19.1 Å². The Labute approximate surface area is 248 Å². The molecular formula is C29H38N6O6S. The number of thiazole rings is 1. The molecule has 2 aromatic heterocycles. The van der Waals surface area contributed by atoms with E-state index in [1.807, 2.05) is 22.7 Å². The van der Waals surface area contributed by atoms with Crippen molar-refractivity contribution in [3.8, 4) is 10.4 Å². The van der Waals surface area contributed by atoms with Crippen molar-refractivity contribution in [2.24, 2.45) is 0 Å². The zero-order valence-corrected chi connectivity index (χ0v) is 25.8. The minimum atomic E-state index is -0.841. The molecule has 0 spiro atoms. The van der Waals surface area contributed by atoms with Crippen molar-refractivity contribution in [1.82, 2.24) is 19.6 Å². The fourth-order valence-corrected chi connectivity index (χ4v) is 5.41. The van der Waals surface area contributed by atoms with E-state index in [4.69, 9.17) is 9.47 Å². The van der Waals surface area contributed by atoms with E-state index >= 15 is 0 Å². The molecule has 42 heavy (non-hydrogen) atoms. The number of nitrogens with one attached hydrogen (secondary N) is 3. The number of amides is 4. The van der Waals surface area contributed by atoms with Gasteiger partial charge in [-0.3, -0.25) is 19.3 Å². The van der Waals surface area contributed by atoms with Gasteiger partial charge in [-0.2, -0.15) is 0 Å². The summed E-state index contributed by atoms with van der Waals surface area (Å²) in [7, 11) is 0. The van der Waals surface area contributed by atoms with E-state index < -0.39 is 35.5 Å². The quantitative estimate of drug-likeness (QED) is 0.352. The first-order valence-electron chi connectivity index (χ1n) is 13.8. The summed E-state index contributed by atoms with van der Waals surface area (Å²) in [4.78, 5) is 58.0. The van der Waals surface area contributed by atoms with Crippen LogP contribution in [0.25, 0.3) is 15.4 Å². The van der Waals surface area contributed by atoms with Gasteiger partial charge in [-0.25, -0.2) is 14.6 Å². The minimum absolute atomic E-state index is 0.329. The van der Waals surface area contributed by atoms with Gasteiger partial charge in [0.25, 0.3) is 0 Å². The summed E-state index contributed by atoms with van der Waals surface area (Å²) in [5.41, 5.74) is 0.295. The van der Waals surface area contributed by atoms with E-state index in [1.54, 1.807) is 66.8 Å². The molecular weight excluding hydrogens is 560 g/mol. The van der Waals surface area contributed by atoms with Crippen molar-refractivity contribution in [2.45, 2.75) is 84.6 Å². The van der Waals surface area contributed by atoms with Gasteiger partial charge in [0.2, 0.25) is 11.8 Å². The Hall–Kier alpha value is -4.13. The third kappa shape index (κ3) is 7.99. The molecule has 1 aliphatic rings. The highest BCUT2D eigenvalue weighted by Gasteiger charge is 2.37. The molecule has 4 amide bonds. The maximum absolute atomic E-state index is 13.1. The number of nitrogens with zero attached hydrogens (tertiary/aromatic N) is 3. The lowest BCUT2D eigenvalue weighted by Crippen LogP contribution is -2.52. The average Bonchev–Trinajstić information content (AvgIpc) is 3.56. The summed E-state index contributed by atoms with van der Waals surface area (Å²) in [5.74, 6) is -0.292. The van der Waals surface area contributed by atoms with Crippen molar-refractivity contribution in [3.05, 3.63) is 36.7 Å². The Balaban J connectivity index is 1.36. The minimum Gasteiger partial charge on any atom is -0.444 e. The highest BCUT2D eigenvalue weighted by molar-refractivity contribution is 7.20. The number of imidazole rings is 1. The summed E-state index contributed by atoms with van der Waals surface area (Å²) in [6.45, 7) is 12.6. The Morgan fingerprint density at radius 2 is 1.60 bits per heavy atom. The number of hydrogen-bond donors (Lipinski definition) is 3. The number of aromatic nitrogens is 2. The topological polar surface area (TPSA) is 143 Å². The van der Waals surface area contributed by atoms with Crippen LogP contribution in [0, 0.1) is 0 Å². The first kappa shape index (κ1) is 30.8. The van der Waals surface area contributed by atoms with Crippen LogP contribution in [0.2, 0.25) is 0 Å². The second-order valence-corrected chi connectivity index (χ2v) is 13.2. The molecule has 13 heteroatoms. The van der Waals surface area contributed by atoms with E-state index in [9.17, 15) is 19.2 Å². The molecule has 1 fully saturated rings. The fourth-order valence-electron chi connectivity index (χ4n) is 4.44. The van der Waals surface area contributed by atoms with Crippen LogP contribution < -0.4 is 16.0 Å². The van der Waals surface area contributed by atoms with Crippen LogP contribution in [0.3, 0.4) is 0 Å². The third-order valence-electron chi connectivity index (χ3n) is 6.16. The number of carbonyl (C=O) groups is 4. The largest absolute Gasteiger partial charge is 0.444 e. The second kappa shape index (κ2) is 12.0. The molecule has 0 unspecified atom stereocenters. The number of likely N-dealkylation sites (tertiary alicyclic amines) is 1. The molecule has 3 N–H and O–H groups in total. The zero-order chi connectivity index (χ0) is 30.8. The smallest absolute Gasteiger partial charge is 0.412 e. The van der Waals surface area contributed by atoms with Crippen molar-refractivity contribution in [3.63, 3.8) is 0 Å². The Morgan fingerprint density at radius 1 is 0.952 bits per heavy atom. The number of benzene rings is 1.